The number of hydrogen-bond donors (Lipinski definition) is 4. The minimum absolute atomic E-state index is 0.0777. The van der Waals surface area contributed by atoms with Crippen LogP contribution in [0.3, 0.4) is 0 Å². The van der Waals surface area contributed by atoms with E-state index in [2.05, 4.69) is 10.6 Å². The number of ether oxygens (including phenoxy) is 1. The highest BCUT2D eigenvalue weighted by Gasteiger charge is 2.31. The SMILES string of the molecule is COC(=O)c1c(NC(=O)C(C)Sc2cccc(NC(=O)c3ccc(C(=O)O)cc3C(=O)O)c2)sc2c1CCN(C(C)=O)C2. The van der Waals surface area contributed by atoms with Crippen molar-refractivity contribution < 1.29 is 43.7 Å². The first-order valence-corrected chi connectivity index (χ1v) is 14.6. The van der Waals surface area contributed by atoms with E-state index in [0.29, 0.717) is 35.1 Å². The Morgan fingerprint density at radius 2 is 1.74 bits per heavy atom. The lowest BCUT2D eigenvalue weighted by molar-refractivity contribution is -0.129. The maximum absolute atomic E-state index is 13.2. The molecule has 3 aromatic rings. The Hall–Kier alpha value is -4.69. The number of fused-ring (bicyclic) bond motifs is 1. The number of hydrogen-bond acceptors (Lipinski definition) is 9. The van der Waals surface area contributed by atoms with Crippen LogP contribution in [0.2, 0.25) is 0 Å². The fourth-order valence-electron chi connectivity index (χ4n) is 4.45. The number of carboxylic acid groups (broad SMARTS) is 2. The molecule has 1 aromatic heterocycles. The first-order chi connectivity index (χ1) is 20.4. The summed E-state index contributed by atoms with van der Waals surface area (Å²) < 4.78 is 4.96. The number of esters is 1. The number of thiophene rings is 1. The summed E-state index contributed by atoms with van der Waals surface area (Å²) in [5, 5.41) is 23.8. The van der Waals surface area contributed by atoms with Crippen molar-refractivity contribution in [3.8, 4) is 0 Å². The van der Waals surface area contributed by atoms with Crippen LogP contribution in [0.4, 0.5) is 10.7 Å². The lowest BCUT2D eigenvalue weighted by atomic mass is 10.0. The first-order valence-electron chi connectivity index (χ1n) is 12.9. The molecular weight excluding hydrogens is 598 g/mol. The third kappa shape index (κ3) is 7.04. The summed E-state index contributed by atoms with van der Waals surface area (Å²) >= 11 is 2.43. The zero-order chi connectivity index (χ0) is 31.4. The molecule has 1 aliphatic rings. The fraction of sp³-hybridized carbons (Fsp3) is 0.241. The molecule has 0 aliphatic carbocycles. The van der Waals surface area contributed by atoms with Gasteiger partial charge in [0.1, 0.15) is 5.00 Å². The van der Waals surface area contributed by atoms with E-state index in [9.17, 15) is 33.9 Å². The van der Waals surface area contributed by atoms with Gasteiger partial charge in [-0.1, -0.05) is 6.07 Å². The molecular formula is C29H27N3O9S2. The number of methoxy groups -OCH3 is 1. The van der Waals surface area contributed by atoms with Crippen molar-refractivity contribution in [1.82, 2.24) is 4.90 Å². The molecule has 1 unspecified atom stereocenters. The van der Waals surface area contributed by atoms with Crippen LogP contribution in [0, 0.1) is 0 Å². The van der Waals surface area contributed by atoms with Gasteiger partial charge >= 0.3 is 17.9 Å². The molecule has 0 saturated heterocycles. The minimum Gasteiger partial charge on any atom is -0.478 e. The van der Waals surface area contributed by atoms with Crippen LogP contribution < -0.4 is 10.6 Å². The summed E-state index contributed by atoms with van der Waals surface area (Å²) in [5.74, 6) is -4.55. The number of rotatable bonds is 9. The van der Waals surface area contributed by atoms with Gasteiger partial charge in [0, 0.05) is 28.9 Å². The zero-order valence-electron chi connectivity index (χ0n) is 23.3. The summed E-state index contributed by atoms with van der Waals surface area (Å²) in [6.07, 6.45) is 0.464. The van der Waals surface area contributed by atoms with Gasteiger partial charge in [0.25, 0.3) is 5.91 Å². The molecule has 14 heteroatoms. The van der Waals surface area contributed by atoms with Crippen molar-refractivity contribution in [2.24, 2.45) is 0 Å². The fourth-order valence-corrected chi connectivity index (χ4v) is 6.63. The van der Waals surface area contributed by atoms with Crippen molar-refractivity contribution >= 4 is 69.4 Å². The number of carboxylic acids is 2. The summed E-state index contributed by atoms with van der Waals surface area (Å²) in [5.41, 5.74) is 0.447. The monoisotopic (exact) mass is 625 g/mol. The summed E-state index contributed by atoms with van der Waals surface area (Å²) in [7, 11) is 1.26. The van der Waals surface area contributed by atoms with Gasteiger partial charge in [0.2, 0.25) is 11.8 Å². The maximum atomic E-state index is 13.2. The van der Waals surface area contributed by atoms with E-state index in [0.717, 1.165) is 28.6 Å². The number of nitrogens with one attached hydrogen (secondary N) is 2. The summed E-state index contributed by atoms with van der Waals surface area (Å²) in [6, 6.07) is 9.77. The van der Waals surface area contributed by atoms with Crippen LogP contribution in [-0.2, 0) is 27.3 Å². The predicted octanol–water partition coefficient (Wildman–Crippen LogP) is 4.21. The van der Waals surface area contributed by atoms with E-state index in [1.807, 2.05) is 0 Å². The van der Waals surface area contributed by atoms with Crippen LogP contribution in [0.25, 0.3) is 0 Å². The smallest absolute Gasteiger partial charge is 0.341 e. The second-order valence-corrected chi connectivity index (χ2v) is 12.0. The normalized spacial score (nSPS) is 13.0. The second kappa shape index (κ2) is 13.1. The highest BCUT2D eigenvalue weighted by atomic mass is 32.2. The first kappa shape index (κ1) is 31.3. The summed E-state index contributed by atoms with van der Waals surface area (Å²) in [6.45, 7) is 3.96. The van der Waals surface area contributed by atoms with Gasteiger partial charge in [0.15, 0.2) is 0 Å². The maximum Gasteiger partial charge on any atom is 0.341 e. The van der Waals surface area contributed by atoms with Crippen LogP contribution in [0.5, 0.6) is 0 Å². The largest absolute Gasteiger partial charge is 0.478 e. The molecule has 0 fully saturated rings. The lowest BCUT2D eigenvalue weighted by Crippen LogP contribution is -2.33. The molecule has 0 saturated carbocycles. The number of thioether (sulfide) groups is 1. The predicted molar refractivity (Wildman–Crippen MR) is 159 cm³/mol. The average Bonchev–Trinajstić information content (AvgIpc) is 3.33. The molecule has 2 heterocycles. The average molecular weight is 626 g/mol. The number of aromatic carboxylic acids is 2. The van der Waals surface area contributed by atoms with E-state index >= 15 is 0 Å². The Kier molecular flexibility index (Phi) is 9.51. The van der Waals surface area contributed by atoms with Gasteiger partial charge in [-0.05, 0) is 55.3 Å². The number of amides is 3. The van der Waals surface area contributed by atoms with Gasteiger partial charge in [-0.3, -0.25) is 14.4 Å². The molecule has 43 heavy (non-hydrogen) atoms. The minimum atomic E-state index is -1.45. The molecule has 2 aromatic carbocycles. The van der Waals surface area contributed by atoms with Crippen LogP contribution in [-0.4, -0.2) is 69.6 Å². The molecule has 1 atom stereocenters. The highest BCUT2D eigenvalue weighted by molar-refractivity contribution is 8.00. The van der Waals surface area contributed by atoms with E-state index in [1.165, 1.54) is 37.1 Å². The second-order valence-electron chi connectivity index (χ2n) is 9.49. The Balaban J connectivity index is 1.47. The highest BCUT2D eigenvalue weighted by Crippen LogP contribution is 2.38. The van der Waals surface area contributed by atoms with Crippen LogP contribution in [0.1, 0.15) is 65.7 Å². The number of carbonyl (C=O) groups is 6. The van der Waals surface area contributed by atoms with Crippen molar-refractivity contribution in [2.75, 3.05) is 24.3 Å². The van der Waals surface area contributed by atoms with E-state index < -0.39 is 34.6 Å². The number of carbonyl (C=O) groups excluding carboxylic acids is 4. The van der Waals surface area contributed by atoms with E-state index in [4.69, 9.17) is 9.84 Å². The zero-order valence-corrected chi connectivity index (χ0v) is 24.9. The quantitative estimate of drug-likeness (QED) is 0.199. The van der Waals surface area contributed by atoms with Gasteiger partial charge < -0.3 is 30.5 Å². The standard InChI is InChI=1S/C29H27N3O9S2/c1-14(24(34)31-26-23(29(40)41-3)20-9-10-32(15(2)33)13-22(20)43-26)42-18-6-4-5-17(12-18)30-25(35)19-8-7-16(27(36)37)11-21(19)28(38)39/h4-8,11-12,14H,9-10,13H2,1-3H3,(H,30,35)(H,31,34)(H,36,37)(H,38,39). The molecule has 0 radical (unpaired) electrons. The lowest BCUT2D eigenvalue weighted by Gasteiger charge is -2.25. The molecule has 3 amide bonds. The molecule has 0 spiro atoms. The van der Waals surface area contributed by atoms with Gasteiger partial charge in [-0.15, -0.1) is 23.1 Å². The van der Waals surface area contributed by atoms with E-state index in [1.54, 1.807) is 36.1 Å². The van der Waals surface area contributed by atoms with Crippen molar-refractivity contribution in [3.63, 3.8) is 0 Å². The number of nitrogens with zero attached hydrogens (tertiary/aromatic N) is 1. The van der Waals surface area contributed by atoms with Crippen molar-refractivity contribution in [2.45, 2.75) is 37.0 Å². The van der Waals surface area contributed by atoms with Crippen molar-refractivity contribution in [3.05, 3.63) is 75.2 Å². The summed E-state index contributed by atoms with van der Waals surface area (Å²) in [4.78, 5) is 76.5. The van der Waals surface area contributed by atoms with Crippen LogP contribution >= 0.6 is 23.1 Å². The third-order valence-electron chi connectivity index (χ3n) is 6.64. The van der Waals surface area contributed by atoms with Gasteiger partial charge in [-0.25, -0.2) is 14.4 Å². The Bertz CT molecular complexity index is 1650. The molecule has 1 aliphatic heterocycles. The van der Waals surface area contributed by atoms with Gasteiger partial charge in [0.05, 0.1) is 41.2 Å². The Labute approximate surface area is 254 Å². The topological polar surface area (TPSA) is 179 Å². The third-order valence-corrected chi connectivity index (χ3v) is 8.87. The molecule has 0 bridgehead atoms. The molecule has 4 N–H and O–H groups in total. The Morgan fingerprint density at radius 3 is 2.40 bits per heavy atom. The van der Waals surface area contributed by atoms with Gasteiger partial charge in [-0.2, -0.15) is 0 Å². The van der Waals surface area contributed by atoms with E-state index in [-0.39, 0.29) is 28.5 Å². The number of benzene rings is 2. The van der Waals surface area contributed by atoms with Crippen LogP contribution in [0.15, 0.2) is 47.4 Å². The van der Waals surface area contributed by atoms with Crippen molar-refractivity contribution in [1.29, 1.82) is 0 Å². The molecule has 224 valence electrons. The molecule has 12 nitrogen and oxygen atoms in total. The Morgan fingerprint density at radius 1 is 1.00 bits per heavy atom. The molecule has 4 rings (SSSR count). The number of anilines is 2.